The maximum absolute atomic E-state index is 13.3. The first kappa shape index (κ1) is 20.1. The number of amides is 1. The van der Waals surface area contributed by atoms with Crippen LogP contribution in [0.5, 0.6) is 11.5 Å². The van der Waals surface area contributed by atoms with Crippen molar-refractivity contribution in [1.29, 1.82) is 0 Å². The van der Waals surface area contributed by atoms with Crippen molar-refractivity contribution in [1.82, 2.24) is 0 Å². The molecular formula is C20H13F5N2O2. The highest BCUT2D eigenvalue weighted by atomic mass is 19.4. The highest BCUT2D eigenvalue weighted by Gasteiger charge is 2.32. The third kappa shape index (κ3) is 4.81. The Bertz CT molecular complexity index is 1050. The van der Waals surface area contributed by atoms with Gasteiger partial charge in [-0.25, -0.2) is 8.78 Å². The number of nitrogen functional groups attached to an aromatic ring is 1. The molecule has 3 aromatic carbocycles. The molecule has 1 amide bonds. The van der Waals surface area contributed by atoms with Crippen LogP contribution in [0.1, 0.15) is 15.9 Å². The Morgan fingerprint density at radius 1 is 0.931 bits per heavy atom. The van der Waals surface area contributed by atoms with E-state index in [1.165, 1.54) is 18.2 Å². The molecule has 29 heavy (non-hydrogen) atoms. The minimum Gasteiger partial charge on any atom is -0.457 e. The van der Waals surface area contributed by atoms with Crippen LogP contribution in [0, 0.1) is 11.6 Å². The summed E-state index contributed by atoms with van der Waals surface area (Å²) >= 11 is 0. The largest absolute Gasteiger partial charge is 0.457 e. The second-order valence-electron chi connectivity index (χ2n) is 5.96. The van der Waals surface area contributed by atoms with Gasteiger partial charge in [0.1, 0.15) is 23.1 Å². The molecule has 0 unspecified atom stereocenters. The average molecular weight is 408 g/mol. The Hall–Kier alpha value is -3.62. The van der Waals surface area contributed by atoms with Gasteiger partial charge >= 0.3 is 6.18 Å². The van der Waals surface area contributed by atoms with Crippen molar-refractivity contribution in [3.8, 4) is 11.5 Å². The smallest absolute Gasteiger partial charge is 0.416 e. The zero-order valence-electron chi connectivity index (χ0n) is 14.6. The number of alkyl halides is 3. The van der Waals surface area contributed by atoms with E-state index in [0.717, 1.165) is 36.4 Å². The second kappa shape index (κ2) is 7.78. The van der Waals surface area contributed by atoms with Gasteiger partial charge in [-0.2, -0.15) is 13.2 Å². The van der Waals surface area contributed by atoms with Crippen molar-refractivity contribution >= 4 is 17.3 Å². The number of benzene rings is 3. The van der Waals surface area contributed by atoms with Gasteiger partial charge in [0, 0.05) is 5.69 Å². The summed E-state index contributed by atoms with van der Waals surface area (Å²) in [6, 6.07) is 10.4. The predicted octanol–water partition coefficient (Wildman–Crippen LogP) is 5.61. The first-order chi connectivity index (χ1) is 13.6. The number of hydrogen-bond acceptors (Lipinski definition) is 3. The summed E-state index contributed by atoms with van der Waals surface area (Å²) in [5.74, 6) is -2.23. The molecule has 0 saturated carbocycles. The van der Waals surface area contributed by atoms with Gasteiger partial charge in [0.25, 0.3) is 5.91 Å². The molecule has 0 radical (unpaired) electrons. The Kier molecular flexibility index (Phi) is 5.40. The Morgan fingerprint density at radius 3 is 2.24 bits per heavy atom. The van der Waals surface area contributed by atoms with E-state index in [1.807, 2.05) is 0 Å². The maximum Gasteiger partial charge on any atom is 0.416 e. The van der Waals surface area contributed by atoms with E-state index in [0.29, 0.717) is 6.07 Å². The van der Waals surface area contributed by atoms with E-state index in [4.69, 9.17) is 10.5 Å². The summed E-state index contributed by atoms with van der Waals surface area (Å²) in [6.45, 7) is 0. The molecule has 0 heterocycles. The zero-order valence-corrected chi connectivity index (χ0v) is 14.6. The third-order valence-electron chi connectivity index (χ3n) is 3.85. The molecule has 0 aliphatic carbocycles. The lowest BCUT2D eigenvalue weighted by Crippen LogP contribution is -2.15. The van der Waals surface area contributed by atoms with Crippen LogP contribution in [0.3, 0.4) is 0 Å². The lowest BCUT2D eigenvalue weighted by molar-refractivity contribution is -0.137. The SMILES string of the molecule is Nc1cc(NC(=O)c2cc(C(F)(F)F)ccc2Oc2ccc(F)cc2)ccc1F. The van der Waals surface area contributed by atoms with Crippen molar-refractivity contribution in [3.63, 3.8) is 0 Å². The molecule has 0 spiro atoms. The van der Waals surface area contributed by atoms with Crippen molar-refractivity contribution in [2.45, 2.75) is 6.18 Å². The molecule has 150 valence electrons. The molecule has 9 heteroatoms. The summed E-state index contributed by atoms with van der Waals surface area (Å²) in [7, 11) is 0. The lowest BCUT2D eigenvalue weighted by Gasteiger charge is -2.15. The summed E-state index contributed by atoms with van der Waals surface area (Å²) in [4.78, 5) is 12.6. The van der Waals surface area contributed by atoms with Crippen LogP contribution in [0.15, 0.2) is 60.7 Å². The van der Waals surface area contributed by atoms with Gasteiger partial charge < -0.3 is 15.8 Å². The van der Waals surface area contributed by atoms with Crippen LogP contribution in [0.4, 0.5) is 33.3 Å². The molecule has 0 bridgehead atoms. The second-order valence-corrected chi connectivity index (χ2v) is 5.96. The number of halogens is 5. The normalized spacial score (nSPS) is 11.2. The lowest BCUT2D eigenvalue weighted by atomic mass is 10.1. The van der Waals surface area contributed by atoms with Crippen LogP contribution < -0.4 is 15.8 Å². The molecule has 0 aromatic heterocycles. The topological polar surface area (TPSA) is 64.3 Å². The summed E-state index contributed by atoms with van der Waals surface area (Å²) < 4.78 is 71.0. The minimum absolute atomic E-state index is 0.0824. The fraction of sp³-hybridized carbons (Fsp3) is 0.0500. The summed E-state index contributed by atoms with van der Waals surface area (Å²) in [5.41, 5.74) is 3.79. The molecule has 0 atom stereocenters. The number of nitrogens with two attached hydrogens (primary N) is 1. The van der Waals surface area contributed by atoms with Gasteiger partial charge in [-0.1, -0.05) is 0 Å². The van der Waals surface area contributed by atoms with Gasteiger partial charge in [0.05, 0.1) is 16.8 Å². The molecule has 0 fully saturated rings. The number of anilines is 2. The fourth-order valence-electron chi connectivity index (χ4n) is 2.42. The number of hydrogen-bond donors (Lipinski definition) is 2. The zero-order chi connectivity index (χ0) is 21.2. The number of nitrogens with one attached hydrogen (secondary N) is 1. The molecule has 0 aliphatic heterocycles. The van der Waals surface area contributed by atoms with Gasteiger partial charge in [0.2, 0.25) is 0 Å². The molecule has 0 aliphatic rings. The quantitative estimate of drug-likeness (QED) is 0.436. The average Bonchev–Trinajstić information content (AvgIpc) is 2.66. The summed E-state index contributed by atoms with van der Waals surface area (Å²) in [6.07, 6.45) is -4.69. The highest BCUT2D eigenvalue weighted by molar-refractivity contribution is 6.06. The number of carbonyl (C=O) groups is 1. The van der Waals surface area contributed by atoms with E-state index in [2.05, 4.69) is 5.32 Å². The monoisotopic (exact) mass is 408 g/mol. The number of carbonyl (C=O) groups excluding carboxylic acids is 1. The van der Waals surface area contributed by atoms with Crippen LogP contribution in [-0.4, -0.2) is 5.91 Å². The van der Waals surface area contributed by atoms with Crippen molar-refractivity contribution in [2.75, 3.05) is 11.1 Å². The molecule has 4 nitrogen and oxygen atoms in total. The molecule has 0 saturated heterocycles. The Labute approximate surface area is 161 Å². The van der Waals surface area contributed by atoms with Crippen LogP contribution in [0.2, 0.25) is 0 Å². The fourth-order valence-corrected chi connectivity index (χ4v) is 2.42. The van der Waals surface area contributed by atoms with Gasteiger partial charge in [-0.05, 0) is 60.7 Å². The maximum atomic E-state index is 13.3. The molecular weight excluding hydrogens is 395 g/mol. The van der Waals surface area contributed by atoms with E-state index in [-0.39, 0.29) is 22.9 Å². The number of ether oxygens (including phenoxy) is 1. The number of rotatable bonds is 4. The van der Waals surface area contributed by atoms with Crippen molar-refractivity contribution in [3.05, 3.63) is 83.4 Å². The molecule has 3 N–H and O–H groups in total. The molecule has 3 aromatic rings. The summed E-state index contributed by atoms with van der Waals surface area (Å²) in [5, 5.41) is 2.35. The third-order valence-corrected chi connectivity index (χ3v) is 3.85. The van der Waals surface area contributed by atoms with E-state index in [1.54, 1.807) is 0 Å². The standard InChI is InChI=1S/C20H13F5N2O2/c21-12-2-5-14(6-3-12)29-18-8-1-11(20(23,24)25)9-15(18)19(28)27-13-4-7-16(22)17(26)10-13/h1-10H,26H2,(H,27,28). The Morgan fingerprint density at radius 2 is 1.62 bits per heavy atom. The van der Waals surface area contributed by atoms with Gasteiger partial charge in [-0.3, -0.25) is 4.79 Å². The van der Waals surface area contributed by atoms with Gasteiger partial charge in [-0.15, -0.1) is 0 Å². The van der Waals surface area contributed by atoms with E-state index in [9.17, 15) is 26.7 Å². The first-order valence-electron chi connectivity index (χ1n) is 8.14. The van der Waals surface area contributed by atoms with Gasteiger partial charge in [0.15, 0.2) is 0 Å². The predicted molar refractivity (Wildman–Crippen MR) is 96.7 cm³/mol. The molecule has 3 rings (SSSR count). The van der Waals surface area contributed by atoms with Crippen LogP contribution in [-0.2, 0) is 6.18 Å². The first-order valence-corrected chi connectivity index (χ1v) is 8.14. The van der Waals surface area contributed by atoms with E-state index < -0.39 is 34.8 Å². The van der Waals surface area contributed by atoms with E-state index >= 15 is 0 Å². The van der Waals surface area contributed by atoms with Crippen LogP contribution >= 0.6 is 0 Å². The van der Waals surface area contributed by atoms with Crippen molar-refractivity contribution in [2.24, 2.45) is 0 Å². The Balaban J connectivity index is 1.97. The van der Waals surface area contributed by atoms with Crippen LogP contribution in [0.25, 0.3) is 0 Å². The minimum atomic E-state index is -4.69. The van der Waals surface area contributed by atoms with Crippen molar-refractivity contribution < 1.29 is 31.5 Å². The highest BCUT2D eigenvalue weighted by Crippen LogP contribution is 2.34.